The Balaban J connectivity index is 1.78. The molecule has 1 N–H and O–H groups in total. The average Bonchev–Trinajstić information content (AvgIpc) is 2.91. The Hall–Kier alpha value is -2.55. The fourth-order valence-corrected chi connectivity index (χ4v) is 2.87. The lowest BCUT2D eigenvalue weighted by atomic mass is 10.1. The molecule has 3 rings (SSSR count). The molecule has 2 aromatic carbocycles. The topological polar surface area (TPSA) is 42.2 Å². The van der Waals surface area contributed by atoms with Crippen molar-refractivity contribution in [3.05, 3.63) is 64.9 Å². The molecule has 0 aliphatic heterocycles. The third-order valence-corrected chi connectivity index (χ3v) is 4.33. The van der Waals surface area contributed by atoms with Crippen LogP contribution in [0.15, 0.2) is 46.9 Å². The number of amides is 1. The molecule has 0 atom stereocenters. The van der Waals surface area contributed by atoms with Crippen LogP contribution in [0.5, 0.6) is 0 Å². The van der Waals surface area contributed by atoms with E-state index in [9.17, 15) is 4.79 Å². The Morgan fingerprint density at radius 2 is 1.83 bits per heavy atom. The SMILES string of the molecule is CCCCc1ccc(NC(=O)c2oc3ccc(C)cc3c2C)cc1. The number of carbonyl (C=O) groups excluding carboxylic acids is 1. The van der Waals surface area contributed by atoms with Gasteiger partial charge in [0.05, 0.1) is 0 Å². The summed E-state index contributed by atoms with van der Waals surface area (Å²) in [6, 6.07) is 14.0. The van der Waals surface area contributed by atoms with Gasteiger partial charge in [-0.05, 0) is 56.5 Å². The quantitative estimate of drug-likeness (QED) is 0.660. The van der Waals surface area contributed by atoms with Crippen molar-refractivity contribution in [2.45, 2.75) is 40.0 Å². The standard InChI is InChI=1S/C21H23NO2/c1-4-5-6-16-8-10-17(11-9-16)22-21(23)20-15(3)18-13-14(2)7-12-19(18)24-20/h7-13H,4-6H2,1-3H3,(H,22,23). The van der Waals surface area contributed by atoms with E-state index in [1.54, 1.807) is 0 Å². The predicted molar refractivity (Wildman–Crippen MR) is 98.7 cm³/mol. The summed E-state index contributed by atoms with van der Waals surface area (Å²) in [6.45, 7) is 6.14. The highest BCUT2D eigenvalue weighted by molar-refractivity contribution is 6.06. The molecule has 3 heteroatoms. The number of unbranched alkanes of at least 4 members (excludes halogenated alkanes) is 1. The zero-order valence-corrected chi connectivity index (χ0v) is 14.5. The minimum Gasteiger partial charge on any atom is -0.451 e. The van der Waals surface area contributed by atoms with E-state index in [4.69, 9.17) is 4.42 Å². The van der Waals surface area contributed by atoms with Crippen molar-refractivity contribution >= 4 is 22.6 Å². The van der Waals surface area contributed by atoms with E-state index >= 15 is 0 Å². The minimum absolute atomic E-state index is 0.206. The van der Waals surface area contributed by atoms with Gasteiger partial charge in [0.1, 0.15) is 5.58 Å². The molecule has 1 heterocycles. The number of nitrogens with one attached hydrogen (secondary N) is 1. The van der Waals surface area contributed by atoms with Crippen LogP contribution < -0.4 is 5.32 Å². The van der Waals surface area contributed by atoms with Crippen LogP contribution in [-0.2, 0) is 6.42 Å². The molecule has 124 valence electrons. The van der Waals surface area contributed by atoms with Crippen molar-refractivity contribution in [1.29, 1.82) is 0 Å². The summed E-state index contributed by atoms with van der Waals surface area (Å²) >= 11 is 0. The first kappa shape index (κ1) is 16.3. The summed E-state index contributed by atoms with van der Waals surface area (Å²) in [5, 5.41) is 3.92. The monoisotopic (exact) mass is 321 g/mol. The molecule has 0 saturated carbocycles. The van der Waals surface area contributed by atoms with Gasteiger partial charge in [0.25, 0.3) is 5.91 Å². The first-order valence-corrected chi connectivity index (χ1v) is 8.48. The lowest BCUT2D eigenvalue weighted by molar-refractivity contribution is 0.0998. The Morgan fingerprint density at radius 3 is 2.54 bits per heavy atom. The van der Waals surface area contributed by atoms with E-state index in [-0.39, 0.29) is 5.91 Å². The first-order valence-electron chi connectivity index (χ1n) is 8.48. The molecule has 0 fully saturated rings. The van der Waals surface area contributed by atoms with Crippen molar-refractivity contribution in [3.8, 4) is 0 Å². The number of anilines is 1. The van der Waals surface area contributed by atoms with E-state index in [2.05, 4.69) is 24.4 Å². The second-order valence-electron chi connectivity index (χ2n) is 6.31. The number of furan rings is 1. The zero-order chi connectivity index (χ0) is 17.1. The molecular weight excluding hydrogens is 298 g/mol. The summed E-state index contributed by atoms with van der Waals surface area (Å²) < 4.78 is 5.75. The molecule has 0 unspecified atom stereocenters. The maximum absolute atomic E-state index is 12.5. The van der Waals surface area contributed by atoms with Crippen molar-refractivity contribution in [2.75, 3.05) is 5.32 Å². The molecule has 0 aliphatic carbocycles. The van der Waals surface area contributed by atoms with Gasteiger partial charge in [-0.1, -0.05) is 37.1 Å². The molecule has 0 spiro atoms. The largest absolute Gasteiger partial charge is 0.451 e. The van der Waals surface area contributed by atoms with Crippen LogP contribution in [0, 0.1) is 13.8 Å². The van der Waals surface area contributed by atoms with Gasteiger partial charge in [-0.2, -0.15) is 0 Å². The highest BCUT2D eigenvalue weighted by Gasteiger charge is 2.17. The van der Waals surface area contributed by atoms with Gasteiger partial charge in [-0.3, -0.25) is 4.79 Å². The van der Waals surface area contributed by atoms with Gasteiger partial charge in [0, 0.05) is 16.6 Å². The van der Waals surface area contributed by atoms with Gasteiger partial charge in [0.2, 0.25) is 0 Å². The van der Waals surface area contributed by atoms with E-state index in [1.807, 2.05) is 44.2 Å². The molecule has 3 aromatic rings. The van der Waals surface area contributed by atoms with Crippen LogP contribution in [0.1, 0.15) is 47.0 Å². The summed E-state index contributed by atoms with van der Waals surface area (Å²) in [7, 11) is 0. The maximum Gasteiger partial charge on any atom is 0.291 e. The number of fused-ring (bicyclic) bond motifs is 1. The van der Waals surface area contributed by atoms with Crippen molar-refractivity contribution < 1.29 is 9.21 Å². The Bertz CT molecular complexity index is 859. The highest BCUT2D eigenvalue weighted by atomic mass is 16.3. The van der Waals surface area contributed by atoms with Crippen molar-refractivity contribution in [1.82, 2.24) is 0 Å². The molecule has 24 heavy (non-hydrogen) atoms. The van der Waals surface area contributed by atoms with E-state index in [1.165, 1.54) is 18.4 Å². The molecule has 0 aliphatic rings. The molecule has 1 aromatic heterocycles. The normalized spacial score (nSPS) is 11.0. The minimum atomic E-state index is -0.206. The third kappa shape index (κ3) is 3.35. The highest BCUT2D eigenvalue weighted by Crippen LogP contribution is 2.27. The Kier molecular flexibility index (Phi) is 4.70. The summed E-state index contributed by atoms with van der Waals surface area (Å²) in [4.78, 5) is 12.5. The number of aryl methyl sites for hydroxylation is 3. The maximum atomic E-state index is 12.5. The number of hydrogen-bond donors (Lipinski definition) is 1. The lowest BCUT2D eigenvalue weighted by Crippen LogP contribution is -2.12. The van der Waals surface area contributed by atoms with E-state index in [0.717, 1.165) is 34.2 Å². The third-order valence-electron chi connectivity index (χ3n) is 4.33. The van der Waals surface area contributed by atoms with E-state index in [0.29, 0.717) is 5.76 Å². The average molecular weight is 321 g/mol. The summed E-state index contributed by atoms with van der Waals surface area (Å²) in [5.41, 5.74) is 4.87. The molecule has 3 nitrogen and oxygen atoms in total. The lowest BCUT2D eigenvalue weighted by Gasteiger charge is -2.05. The van der Waals surface area contributed by atoms with Gasteiger partial charge >= 0.3 is 0 Å². The second kappa shape index (κ2) is 6.91. The number of carbonyl (C=O) groups is 1. The number of rotatable bonds is 5. The van der Waals surface area contributed by atoms with Crippen LogP contribution >= 0.6 is 0 Å². The van der Waals surface area contributed by atoms with E-state index < -0.39 is 0 Å². The molecule has 1 amide bonds. The van der Waals surface area contributed by atoms with Gasteiger partial charge in [0.15, 0.2) is 5.76 Å². The smallest absolute Gasteiger partial charge is 0.291 e. The molecule has 0 radical (unpaired) electrons. The Labute approximate surface area is 142 Å². The number of hydrogen-bond acceptors (Lipinski definition) is 2. The molecule has 0 saturated heterocycles. The number of benzene rings is 2. The molecule has 0 bridgehead atoms. The van der Waals surface area contributed by atoms with Crippen LogP contribution in [0.4, 0.5) is 5.69 Å². The van der Waals surface area contributed by atoms with Crippen LogP contribution in [0.2, 0.25) is 0 Å². The van der Waals surface area contributed by atoms with Gasteiger partial charge < -0.3 is 9.73 Å². The zero-order valence-electron chi connectivity index (χ0n) is 14.5. The Morgan fingerprint density at radius 1 is 1.08 bits per heavy atom. The van der Waals surface area contributed by atoms with Gasteiger partial charge in [-0.25, -0.2) is 0 Å². The van der Waals surface area contributed by atoms with Crippen molar-refractivity contribution in [3.63, 3.8) is 0 Å². The first-order chi connectivity index (χ1) is 11.6. The fourth-order valence-electron chi connectivity index (χ4n) is 2.87. The predicted octanol–water partition coefficient (Wildman–Crippen LogP) is 5.64. The van der Waals surface area contributed by atoms with Gasteiger partial charge in [-0.15, -0.1) is 0 Å². The van der Waals surface area contributed by atoms with Crippen molar-refractivity contribution in [2.24, 2.45) is 0 Å². The molecular formula is C21H23NO2. The fraction of sp³-hybridized carbons (Fsp3) is 0.286. The van der Waals surface area contributed by atoms with Crippen LogP contribution in [0.3, 0.4) is 0 Å². The van der Waals surface area contributed by atoms with Crippen LogP contribution in [0.25, 0.3) is 11.0 Å². The second-order valence-corrected chi connectivity index (χ2v) is 6.31. The summed E-state index contributed by atoms with van der Waals surface area (Å²) in [5.74, 6) is 0.174. The van der Waals surface area contributed by atoms with Crippen LogP contribution in [-0.4, -0.2) is 5.91 Å². The summed E-state index contributed by atoms with van der Waals surface area (Å²) in [6.07, 6.45) is 3.44.